The Hall–Kier alpha value is -2.60. The Balaban J connectivity index is 1.66. The van der Waals surface area contributed by atoms with Crippen LogP contribution in [0.4, 0.5) is 5.00 Å². The van der Waals surface area contributed by atoms with Crippen LogP contribution in [0.1, 0.15) is 44.7 Å². The molecule has 2 aromatic heterocycles. The van der Waals surface area contributed by atoms with Crippen molar-refractivity contribution >= 4 is 39.2 Å². The van der Waals surface area contributed by atoms with E-state index in [4.69, 9.17) is 9.15 Å². The van der Waals surface area contributed by atoms with Crippen molar-refractivity contribution in [3.8, 4) is 0 Å². The van der Waals surface area contributed by atoms with Crippen molar-refractivity contribution in [3.63, 3.8) is 0 Å². The largest absolute Gasteiger partial charge is 0.462 e. The van der Waals surface area contributed by atoms with Crippen LogP contribution >= 0.6 is 11.3 Å². The fourth-order valence-corrected chi connectivity index (χ4v) is 4.44. The zero-order valence-corrected chi connectivity index (χ0v) is 14.6. The predicted octanol–water partition coefficient (Wildman–Crippen LogP) is 4.41. The minimum absolute atomic E-state index is 0.226. The van der Waals surface area contributed by atoms with E-state index in [0.717, 1.165) is 35.1 Å². The third-order valence-electron chi connectivity index (χ3n) is 4.28. The molecule has 6 heteroatoms. The van der Waals surface area contributed by atoms with Gasteiger partial charge in [-0.25, -0.2) is 4.79 Å². The first kappa shape index (κ1) is 15.9. The van der Waals surface area contributed by atoms with Gasteiger partial charge in [0.1, 0.15) is 10.6 Å². The molecule has 128 valence electrons. The quantitative estimate of drug-likeness (QED) is 0.704. The fraction of sp³-hybridized carbons (Fsp3) is 0.263. The summed E-state index contributed by atoms with van der Waals surface area (Å²) in [6.07, 6.45) is 2.82. The number of thiophene rings is 1. The Morgan fingerprint density at radius 1 is 1.28 bits per heavy atom. The first-order valence-corrected chi connectivity index (χ1v) is 9.10. The number of furan rings is 1. The second-order valence-electron chi connectivity index (χ2n) is 5.88. The fourth-order valence-electron chi connectivity index (χ4n) is 3.17. The molecule has 3 aromatic rings. The molecule has 0 saturated heterocycles. The van der Waals surface area contributed by atoms with Crippen LogP contribution < -0.4 is 5.32 Å². The molecule has 5 nitrogen and oxygen atoms in total. The normalized spacial score (nSPS) is 13.0. The molecule has 0 aliphatic heterocycles. The van der Waals surface area contributed by atoms with Crippen molar-refractivity contribution in [1.82, 2.24) is 0 Å². The van der Waals surface area contributed by atoms with Gasteiger partial charge in [0.15, 0.2) is 5.76 Å². The van der Waals surface area contributed by atoms with Gasteiger partial charge in [-0.3, -0.25) is 4.79 Å². The van der Waals surface area contributed by atoms with Crippen LogP contribution in [-0.4, -0.2) is 18.5 Å². The van der Waals surface area contributed by atoms with Crippen molar-refractivity contribution in [1.29, 1.82) is 0 Å². The number of fused-ring (bicyclic) bond motifs is 2. The molecule has 0 bridgehead atoms. The summed E-state index contributed by atoms with van der Waals surface area (Å²) in [6, 6.07) is 9.16. The monoisotopic (exact) mass is 355 g/mol. The van der Waals surface area contributed by atoms with Crippen LogP contribution in [0.5, 0.6) is 0 Å². The van der Waals surface area contributed by atoms with Gasteiger partial charge in [0, 0.05) is 10.3 Å². The van der Waals surface area contributed by atoms with Crippen molar-refractivity contribution in [2.75, 3.05) is 11.9 Å². The van der Waals surface area contributed by atoms with E-state index in [2.05, 4.69) is 5.32 Å². The van der Waals surface area contributed by atoms with Gasteiger partial charge < -0.3 is 14.5 Å². The van der Waals surface area contributed by atoms with Crippen LogP contribution in [0.15, 0.2) is 34.7 Å². The molecule has 4 rings (SSSR count). The molecular formula is C19H17NO4S. The molecule has 25 heavy (non-hydrogen) atoms. The number of carbonyl (C=O) groups excluding carboxylic acids is 2. The molecule has 1 aliphatic rings. The van der Waals surface area contributed by atoms with Crippen LogP contribution in [0, 0.1) is 0 Å². The number of anilines is 1. The number of para-hydroxylation sites is 1. The maximum absolute atomic E-state index is 12.6. The Morgan fingerprint density at radius 2 is 2.12 bits per heavy atom. The first-order chi connectivity index (χ1) is 12.2. The van der Waals surface area contributed by atoms with Crippen LogP contribution in [0.3, 0.4) is 0 Å². The van der Waals surface area contributed by atoms with Crippen molar-refractivity contribution in [2.24, 2.45) is 0 Å². The van der Waals surface area contributed by atoms with Crippen molar-refractivity contribution < 1.29 is 18.7 Å². The van der Waals surface area contributed by atoms with Gasteiger partial charge in [0.2, 0.25) is 0 Å². The summed E-state index contributed by atoms with van der Waals surface area (Å²) >= 11 is 1.46. The number of hydrogen-bond donors (Lipinski definition) is 1. The molecule has 0 atom stereocenters. The highest BCUT2D eigenvalue weighted by molar-refractivity contribution is 7.17. The van der Waals surface area contributed by atoms with E-state index in [1.807, 2.05) is 24.3 Å². The number of benzene rings is 1. The molecular weight excluding hydrogens is 338 g/mol. The highest BCUT2D eigenvalue weighted by Gasteiger charge is 2.28. The minimum atomic E-state index is -0.373. The summed E-state index contributed by atoms with van der Waals surface area (Å²) in [4.78, 5) is 26.1. The number of esters is 1. The highest BCUT2D eigenvalue weighted by atomic mass is 32.1. The van der Waals surface area contributed by atoms with Crippen LogP contribution in [-0.2, 0) is 17.6 Å². The molecule has 2 heterocycles. The molecule has 1 aromatic carbocycles. The van der Waals surface area contributed by atoms with Crippen LogP contribution in [0.25, 0.3) is 11.0 Å². The molecule has 1 amide bonds. The molecule has 0 saturated carbocycles. The number of amides is 1. The smallest absolute Gasteiger partial charge is 0.341 e. The number of carbonyl (C=O) groups is 2. The Bertz CT molecular complexity index is 936. The maximum atomic E-state index is 12.6. The highest BCUT2D eigenvalue weighted by Crippen LogP contribution is 2.39. The summed E-state index contributed by atoms with van der Waals surface area (Å²) in [5.41, 5.74) is 2.18. The van der Waals surface area contributed by atoms with E-state index in [-0.39, 0.29) is 17.6 Å². The Labute approximate surface area is 148 Å². The molecule has 0 unspecified atom stereocenters. The lowest BCUT2D eigenvalue weighted by molar-refractivity contribution is 0.0527. The molecule has 1 N–H and O–H groups in total. The molecule has 0 fully saturated rings. The summed E-state index contributed by atoms with van der Waals surface area (Å²) < 4.78 is 10.8. The SMILES string of the molecule is CCOC(=O)c1c(NC(=O)c2cc3ccccc3o2)sc2c1CCC2. The van der Waals surface area contributed by atoms with Gasteiger partial charge in [0.05, 0.1) is 12.2 Å². The van der Waals surface area contributed by atoms with Crippen molar-refractivity contribution in [2.45, 2.75) is 26.2 Å². The predicted molar refractivity (Wildman–Crippen MR) is 96.5 cm³/mol. The van der Waals surface area contributed by atoms with Gasteiger partial charge >= 0.3 is 5.97 Å². The average Bonchev–Trinajstić information content (AvgIpc) is 3.27. The van der Waals surface area contributed by atoms with Gasteiger partial charge in [-0.15, -0.1) is 11.3 Å². The van der Waals surface area contributed by atoms with Gasteiger partial charge in [-0.05, 0) is 43.9 Å². The number of ether oxygens (including phenoxy) is 1. The van der Waals surface area contributed by atoms with Gasteiger partial charge in [-0.1, -0.05) is 18.2 Å². The minimum Gasteiger partial charge on any atom is -0.462 e. The van der Waals surface area contributed by atoms with E-state index < -0.39 is 0 Å². The summed E-state index contributed by atoms with van der Waals surface area (Å²) in [7, 11) is 0. The third-order valence-corrected chi connectivity index (χ3v) is 5.48. The summed E-state index contributed by atoms with van der Waals surface area (Å²) in [6.45, 7) is 2.08. The second-order valence-corrected chi connectivity index (χ2v) is 6.99. The summed E-state index contributed by atoms with van der Waals surface area (Å²) in [5, 5.41) is 4.26. The van der Waals surface area contributed by atoms with Gasteiger partial charge in [0.25, 0.3) is 5.91 Å². The number of hydrogen-bond acceptors (Lipinski definition) is 5. The van der Waals surface area contributed by atoms with Crippen LogP contribution in [0.2, 0.25) is 0 Å². The van der Waals surface area contributed by atoms with E-state index in [0.29, 0.717) is 22.8 Å². The molecule has 0 radical (unpaired) electrons. The number of aryl methyl sites for hydroxylation is 1. The second kappa shape index (κ2) is 6.37. The third kappa shape index (κ3) is 2.82. The maximum Gasteiger partial charge on any atom is 0.341 e. The lowest BCUT2D eigenvalue weighted by atomic mass is 10.1. The van der Waals surface area contributed by atoms with E-state index in [1.165, 1.54) is 11.3 Å². The lowest BCUT2D eigenvalue weighted by Crippen LogP contribution is -2.14. The Morgan fingerprint density at radius 3 is 2.92 bits per heavy atom. The Kier molecular flexibility index (Phi) is 4.05. The van der Waals surface area contributed by atoms with E-state index in [1.54, 1.807) is 13.0 Å². The first-order valence-electron chi connectivity index (χ1n) is 8.29. The molecule has 1 aliphatic carbocycles. The lowest BCUT2D eigenvalue weighted by Gasteiger charge is -2.06. The van der Waals surface area contributed by atoms with Crippen molar-refractivity contribution in [3.05, 3.63) is 52.1 Å². The number of rotatable bonds is 4. The average molecular weight is 355 g/mol. The standard InChI is InChI=1S/C19H17NO4S/c1-2-23-19(22)16-12-7-5-9-15(12)25-18(16)20-17(21)14-10-11-6-3-4-8-13(11)24-14/h3-4,6,8,10H,2,5,7,9H2,1H3,(H,20,21). The summed E-state index contributed by atoms with van der Waals surface area (Å²) in [5.74, 6) is -0.506. The van der Waals surface area contributed by atoms with E-state index >= 15 is 0 Å². The zero-order valence-electron chi connectivity index (χ0n) is 13.8. The van der Waals surface area contributed by atoms with Gasteiger partial charge in [-0.2, -0.15) is 0 Å². The zero-order chi connectivity index (χ0) is 17.4. The number of nitrogens with one attached hydrogen (secondary N) is 1. The topological polar surface area (TPSA) is 68.5 Å². The van der Waals surface area contributed by atoms with E-state index in [9.17, 15) is 9.59 Å². The molecule has 0 spiro atoms.